The fraction of sp³-hybridized carbons (Fsp3) is 0.154. The molecule has 0 aliphatic rings. The molecule has 4 aromatic rings. The standard InChI is InChI=1S/C26H23NO6S/c1-3-27(21-7-5-4-6-8-21)34(30,31)22-12-10-19(11-13-22)26(29)32-17-20-16-25(28)33-24-15-18(2)9-14-23(20)24/h4-16H,3,17H2,1-2H3. The number of ether oxygens (including phenoxy) is 1. The van der Waals surface area contributed by atoms with E-state index in [0.717, 1.165) is 5.56 Å². The molecular weight excluding hydrogens is 454 g/mol. The maximum atomic E-state index is 13.1. The summed E-state index contributed by atoms with van der Waals surface area (Å²) in [6.07, 6.45) is 0. The molecule has 0 amide bonds. The molecular formula is C26H23NO6S. The number of nitrogens with zero attached hydrogens (tertiary/aromatic N) is 1. The van der Waals surface area contributed by atoms with Gasteiger partial charge in [0.1, 0.15) is 12.2 Å². The molecule has 0 saturated carbocycles. The highest BCUT2D eigenvalue weighted by atomic mass is 32.2. The Labute approximate surface area is 197 Å². The zero-order valence-electron chi connectivity index (χ0n) is 18.7. The maximum Gasteiger partial charge on any atom is 0.338 e. The second kappa shape index (κ2) is 9.52. The lowest BCUT2D eigenvalue weighted by Crippen LogP contribution is -2.30. The molecule has 8 heteroatoms. The summed E-state index contributed by atoms with van der Waals surface area (Å²) in [6.45, 7) is 3.78. The van der Waals surface area contributed by atoms with Gasteiger partial charge in [-0.15, -0.1) is 0 Å². The summed E-state index contributed by atoms with van der Waals surface area (Å²) in [6, 6.07) is 21.1. The van der Waals surface area contributed by atoms with Crippen LogP contribution in [0.25, 0.3) is 11.0 Å². The third-order valence-electron chi connectivity index (χ3n) is 5.35. The number of esters is 1. The number of carbonyl (C=O) groups excluding carboxylic acids is 1. The number of rotatable bonds is 7. The lowest BCUT2D eigenvalue weighted by Gasteiger charge is -2.22. The lowest BCUT2D eigenvalue weighted by molar-refractivity contribution is 0.0473. The first-order valence-corrected chi connectivity index (χ1v) is 12.1. The first kappa shape index (κ1) is 23.3. The zero-order valence-corrected chi connectivity index (χ0v) is 19.5. The second-order valence-electron chi connectivity index (χ2n) is 7.70. The molecule has 0 aliphatic heterocycles. The second-order valence-corrected chi connectivity index (χ2v) is 9.56. The first-order valence-electron chi connectivity index (χ1n) is 10.7. The number of aryl methyl sites for hydroxylation is 1. The van der Waals surface area contributed by atoms with Crippen molar-refractivity contribution in [3.8, 4) is 0 Å². The summed E-state index contributed by atoms with van der Waals surface area (Å²) >= 11 is 0. The monoisotopic (exact) mass is 477 g/mol. The molecule has 0 aliphatic carbocycles. The summed E-state index contributed by atoms with van der Waals surface area (Å²) in [7, 11) is -3.80. The molecule has 7 nitrogen and oxygen atoms in total. The van der Waals surface area contributed by atoms with Gasteiger partial charge in [0.2, 0.25) is 0 Å². The van der Waals surface area contributed by atoms with Gasteiger partial charge in [0.15, 0.2) is 0 Å². The number of carbonyl (C=O) groups is 1. The number of anilines is 1. The van der Waals surface area contributed by atoms with Gasteiger partial charge in [-0.2, -0.15) is 0 Å². The average molecular weight is 478 g/mol. The van der Waals surface area contributed by atoms with Crippen LogP contribution in [0.2, 0.25) is 0 Å². The van der Waals surface area contributed by atoms with Gasteiger partial charge in [0.05, 0.1) is 16.1 Å². The molecule has 34 heavy (non-hydrogen) atoms. The molecule has 3 aromatic carbocycles. The van der Waals surface area contributed by atoms with Crippen LogP contribution in [0.5, 0.6) is 0 Å². The predicted octanol–water partition coefficient (Wildman–Crippen LogP) is 4.67. The topological polar surface area (TPSA) is 93.9 Å². The van der Waals surface area contributed by atoms with Crippen molar-refractivity contribution >= 4 is 32.6 Å². The summed E-state index contributed by atoms with van der Waals surface area (Å²) in [4.78, 5) is 24.5. The van der Waals surface area contributed by atoms with E-state index >= 15 is 0 Å². The Morgan fingerprint density at radius 3 is 2.35 bits per heavy atom. The molecule has 1 aromatic heterocycles. The van der Waals surface area contributed by atoms with Gasteiger partial charge in [-0.3, -0.25) is 4.31 Å². The van der Waals surface area contributed by atoms with Crippen LogP contribution >= 0.6 is 0 Å². The Kier molecular flexibility index (Phi) is 6.51. The van der Waals surface area contributed by atoms with E-state index in [1.54, 1.807) is 37.3 Å². The molecule has 1 heterocycles. The van der Waals surface area contributed by atoms with Crippen molar-refractivity contribution in [3.63, 3.8) is 0 Å². The molecule has 0 bridgehead atoms. The number of benzene rings is 3. The number of fused-ring (bicyclic) bond motifs is 1. The Balaban J connectivity index is 1.52. The number of sulfonamides is 1. The molecule has 0 N–H and O–H groups in total. The molecule has 0 saturated heterocycles. The van der Waals surface area contributed by atoms with E-state index in [2.05, 4.69) is 0 Å². The van der Waals surface area contributed by atoms with Gasteiger partial charge in [-0.05, 0) is 61.9 Å². The van der Waals surface area contributed by atoms with Crippen LogP contribution in [-0.4, -0.2) is 20.9 Å². The third kappa shape index (κ3) is 4.72. The van der Waals surface area contributed by atoms with Crippen molar-refractivity contribution in [2.45, 2.75) is 25.3 Å². The summed E-state index contributed by atoms with van der Waals surface area (Å²) < 4.78 is 38.1. The number of hydrogen-bond acceptors (Lipinski definition) is 6. The van der Waals surface area contributed by atoms with Crippen molar-refractivity contribution in [1.82, 2.24) is 0 Å². The molecule has 174 valence electrons. The van der Waals surface area contributed by atoms with E-state index in [-0.39, 0.29) is 23.6 Å². The van der Waals surface area contributed by atoms with Gasteiger partial charge < -0.3 is 9.15 Å². The summed E-state index contributed by atoms with van der Waals surface area (Å²) in [5.41, 5.74) is 2.12. The molecule has 0 atom stereocenters. The third-order valence-corrected chi connectivity index (χ3v) is 7.27. The largest absolute Gasteiger partial charge is 0.457 e. The van der Waals surface area contributed by atoms with Crippen LogP contribution in [-0.2, 0) is 21.4 Å². The molecule has 0 radical (unpaired) electrons. The average Bonchev–Trinajstić information content (AvgIpc) is 2.83. The SMILES string of the molecule is CCN(c1ccccc1)S(=O)(=O)c1ccc(C(=O)OCc2cc(=O)oc3cc(C)ccc23)cc1. The number of hydrogen-bond donors (Lipinski definition) is 0. The van der Waals surface area contributed by atoms with E-state index in [4.69, 9.17) is 9.15 Å². The smallest absolute Gasteiger partial charge is 0.338 e. The van der Waals surface area contributed by atoms with Crippen LogP contribution < -0.4 is 9.93 Å². The predicted molar refractivity (Wildman–Crippen MR) is 129 cm³/mol. The highest BCUT2D eigenvalue weighted by molar-refractivity contribution is 7.92. The van der Waals surface area contributed by atoms with Gasteiger partial charge in [0, 0.05) is 23.6 Å². The highest BCUT2D eigenvalue weighted by Crippen LogP contribution is 2.24. The van der Waals surface area contributed by atoms with E-state index in [1.165, 1.54) is 34.6 Å². The van der Waals surface area contributed by atoms with Crippen LogP contribution in [0.3, 0.4) is 0 Å². The fourth-order valence-corrected chi connectivity index (χ4v) is 5.13. The minimum atomic E-state index is -3.80. The van der Waals surface area contributed by atoms with E-state index in [9.17, 15) is 18.0 Å². The Bertz CT molecular complexity index is 1490. The minimum Gasteiger partial charge on any atom is -0.457 e. The Hall–Kier alpha value is -3.91. The van der Waals surface area contributed by atoms with E-state index in [0.29, 0.717) is 22.2 Å². The van der Waals surface area contributed by atoms with Crippen LogP contribution in [0, 0.1) is 6.92 Å². The van der Waals surface area contributed by atoms with Crippen LogP contribution in [0.4, 0.5) is 5.69 Å². The van der Waals surface area contributed by atoms with Crippen molar-refractivity contribution in [1.29, 1.82) is 0 Å². The van der Waals surface area contributed by atoms with Gasteiger partial charge in [-0.25, -0.2) is 18.0 Å². The molecule has 0 fully saturated rings. The maximum absolute atomic E-state index is 13.1. The van der Waals surface area contributed by atoms with Gasteiger partial charge in [0.25, 0.3) is 10.0 Å². The Morgan fingerprint density at radius 2 is 1.68 bits per heavy atom. The highest BCUT2D eigenvalue weighted by Gasteiger charge is 2.24. The quantitative estimate of drug-likeness (QED) is 0.284. The van der Waals surface area contributed by atoms with E-state index in [1.807, 2.05) is 25.1 Å². The zero-order chi connectivity index (χ0) is 24.3. The van der Waals surface area contributed by atoms with Gasteiger partial charge in [-0.1, -0.05) is 30.3 Å². The van der Waals surface area contributed by atoms with Crippen LogP contribution in [0.15, 0.2) is 93.0 Å². The van der Waals surface area contributed by atoms with Crippen molar-refractivity contribution in [2.24, 2.45) is 0 Å². The van der Waals surface area contributed by atoms with Crippen molar-refractivity contribution in [3.05, 3.63) is 106 Å². The van der Waals surface area contributed by atoms with E-state index < -0.39 is 21.6 Å². The summed E-state index contributed by atoms with van der Waals surface area (Å²) in [5.74, 6) is -0.632. The summed E-state index contributed by atoms with van der Waals surface area (Å²) in [5, 5.41) is 0.681. The van der Waals surface area contributed by atoms with Crippen molar-refractivity contribution in [2.75, 3.05) is 10.8 Å². The fourth-order valence-electron chi connectivity index (χ4n) is 3.66. The normalized spacial score (nSPS) is 11.4. The Morgan fingerprint density at radius 1 is 0.971 bits per heavy atom. The van der Waals surface area contributed by atoms with Gasteiger partial charge >= 0.3 is 11.6 Å². The lowest BCUT2D eigenvalue weighted by atomic mass is 10.1. The number of para-hydroxylation sites is 1. The molecule has 4 rings (SSSR count). The minimum absolute atomic E-state index is 0.0665. The van der Waals surface area contributed by atoms with Crippen molar-refractivity contribution < 1.29 is 22.4 Å². The first-order chi connectivity index (χ1) is 16.3. The molecule has 0 spiro atoms. The molecule has 0 unspecified atom stereocenters. The van der Waals surface area contributed by atoms with Crippen LogP contribution in [0.1, 0.15) is 28.4 Å².